The van der Waals surface area contributed by atoms with E-state index in [9.17, 15) is 14.0 Å². The number of furan rings is 1. The van der Waals surface area contributed by atoms with E-state index in [0.29, 0.717) is 10.7 Å². The van der Waals surface area contributed by atoms with Gasteiger partial charge in [0.1, 0.15) is 0 Å². The highest BCUT2D eigenvalue weighted by Gasteiger charge is 2.15. The summed E-state index contributed by atoms with van der Waals surface area (Å²) in [6, 6.07) is 11.5. The van der Waals surface area contributed by atoms with Gasteiger partial charge in [0.2, 0.25) is 0 Å². The standard InChI is InChI=1S/C19H14ClFN2O4/c1-26-16-7-4-11(9-13(16)21)18(24)22-14-6-5-12(20)10-15(14)23-19(25)17-3-2-8-27-17/h2-10H,1H3,(H,22,24)(H,23,25). The maximum Gasteiger partial charge on any atom is 0.291 e. The highest BCUT2D eigenvalue weighted by atomic mass is 35.5. The summed E-state index contributed by atoms with van der Waals surface area (Å²) in [7, 11) is 1.33. The van der Waals surface area contributed by atoms with Crippen LogP contribution in [-0.4, -0.2) is 18.9 Å². The Morgan fingerprint density at radius 1 is 1.04 bits per heavy atom. The number of hydrogen-bond donors (Lipinski definition) is 2. The molecule has 0 atom stereocenters. The first-order valence-electron chi connectivity index (χ1n) is 7.77. The zero-order valence-corrected chi connectivity index (χ0v) is 14.8. The summed E-state index contributed by atoms with van der Waals surface area (Å²) in [6.45, 7) is 0. The molecule has 27 heavy (non-hydrogen) atoms. The van der Waals surface area contributed by atoms with E-state index in [2.05, 4.69) is 10.6 Å². The lowest BCUT2D eigenvalue weighted by Gasteiger charge is -2.13. The second-order valence-electron chi connectivity index (χ2n) is 5.42. The van der Waals surface area contributed by atoms with Crippen molar-refractivity contribution < 1.29 is 23.1 Å². The predicted molar refractivity (Wildman–Crippen MR) is 99.0 cm³/mol. The van der Waals surface area contributed by atoms with Crippen LogP contribution in [0.1, 0.15) is 20.9 Å². The number of amides is 2. The first-order valence-corrected chi connectivity index (χ1v) is 8.15. The molecule has 8 heteroatoms. The Bertz CT molecular complexity index is 989. The van der Waals surface area contributed by atoms with Gasteiger partial charge < -0.3 is 19.8 Å². The Morgan fingerprint density at radius 3 is 2.48 bits per heavy atom. The van der Waals surface area contributed by atoms with Crippen LogP contribution in [0.25, 0.3) is 0 Å². The molecule has 0 unspecified atom stereocenters. The van der Waals surface area contributed by atoms with Crippen molar-refractivity contribution in [2.45, 2.75) is 0 Å². The maximum absolute atomic E-state index is 13.8. The number of anilines is 2. The molecule has 3 rings (SSSR count). The second-order valence-corrected chi connectivity index (χ2v) is 5.86. The molecule has 0 aliphatic heterocycles. The van der Waals surface area contributed by atoms with E-state index in [1.165, 1.54) is 43.7 Å². The summed E-state index contributed by atoms with van der Waals surface area (Å²) < 4.78 is 23.7. The van der Waals surface area contributed by atoms with E-state index >= 15 is 0 Å². The summed E-state index contributed by atoms with van der Waals surface area (Å²) in [5.74, 6) is -1.60. The minimum Gasteiger partial charge on any atom is -0.494 e. The molecule has 2 N–H and O–H groups in total. The zero-order valence-electron chi connectivity index (χ0n) is 14.1. The largest absolute Gasteiger partial charge is 0.494 e. The number of rotatable bonds is 5. The molecule has 0 bridgehead atoms. The average Bonchev–Trinajstić information content (AvgIpc) is 3.18. The Kier molecular flexibility index (Phi) is 5.42. The SMILES string of the molecule is COc1ccc(C(=O)Nc2ccc(Cl)cc2NC(=O)c2ccco2)cc1F. The minimum atomic E-state index is -0.660. The molecule has 0 fully saturated rings. The first-order chi connectivity index (χ1) is 13.0. The highest BCUT2D eigenvalue weighted by molar-refractivity contribution is 6.31. The van der Waals surface area contributed by atoms with E-state index in [4.69, 9.17) is 20.8 Å². The molecule has 0 saturated heterocycles. The minimum absolute atomic E-state index is 0.0319. The summed E-state index contributed by atoms with van der Waals surface area (Å²) in [5.41, 5.74) is 0.651. The van der Waals surface area contributed by atoms with Crippen molar-refractivity contribution in [3.05, 3.63) is 77.0 Å². The van der Waals surface area contributed by atoms with E-state index < -0.39 is 17.6 Å². The van der Waals surface area contributed by atoms with Gasteiger partial charge >= 0.3 is 0 Å². The fraction of sp³-hybridized carbons (Fsp3) is 0.0526. The van der Waals surface area contributed by atoms with Gasteiger partial charge in [0.25, 0.3) is 11.8 Å². The van der Waals surface area contributed by atoms with Gasteiger partial charge in [-0.05, 0) is 48.5 Å². The fourth-order valence-corrected chi connectivity index (χ4v) is 2.49. The summed E-state index contributed by atoms with van der Waals surface area (Å²) in [5, 5.41) is 5.59. The van der Waals surface area contributed by atoms with Crippen LogP contribution in [0.15, 0.2) is 59.2 Å². The van der Waals surface area contributed by atoms with Gasteiger partial charge in [-0.2, -0.15) is 0 Å². The van der Waals surface area contributed by atoms with Crippen LogP contribution in [0.4, 0.5) is 15.8 Å². The Morgan fingerprint density at radius 2 is 1.81 bits per heavy atom. The molecule has 2 aromatic carbocycles. The molecule has 0 radical (unpaired) electrons. The maximum atomic E-state index is 13.8. The van der Waals surface area contributed by atoms with Gasteiger partial charge in [-0.1, -0.05) is 11.6 Å². The molecule has 0 saturated carbocycles. The number of nitrogens with one attached hydrogen (secondary N) is 2. The van der Waals surface area contributed by atoms with Crippen molar-refractivity contribution >= 4 is 34.8 Å². The Balaban J connectivity index is 1.83. The average molecular weight is 389 g/mol. The van der Waals surface area contributed by atoms with Gasteiger partial charge in [-0.3, -0.25) is 9.59 Å². The molecular formula is C19H14ClFN2O4. The molecule has 2 amide bonds. The Labute approximate surface area is 158 Å². The lowest BCUT2D eigenvalue weighted by atomic mass is 10.2. The predicted octanol–water partition coefficient (Wildman–Crippen LogP) is 4.59. The summed E-state index contributed by atoms with van der Waals surface area (Å²) >= 11 is 5.98. The highest BCUT2D eigenvalue weighted by Crippen LogP contribution is 2.27. The molecule has 138 valence electrons. The van der Waals surface area contributed by atoms with Crippen LogP contribution in [0.5, 0.6) is 5.75 Å². The number of halogens is 2. The van der Waals surface area contributed by atoms with Crippen LogP contribution in [0, 0.1) is 5.82 Å². The van der Waals surface area contributed by atoms with Crippen LogP contribution >= 0.6 is 11.6 Å². The molecule has 3 aromatic rings. The number of ether oxygens (including phenoxy) is 1. The van der Waals surface area contributed by atoms with Gasteiger partial charge in [-0.15, -0.1) is 0 Å². The lowest BCUT2D eigenvalue weighted by molar-refractivity contribution is 0.0993. The van der Waals surface area contributed by atoms with Gasteiger partial charge in [0.05, 0.1) is 24.7 Å². The lowest BCUT2D eigenvalue weighted by Crippen LogP contribution is -2.16. The number of methoxy groups -OCH3 is 1. The van der Waals surface area contributed by atoms with E-state index in [1.54, 1.807) is 12.1 Å². The van der Waals surface area contributed by atoms with Crippen molar-refractivity contribution in [3.63, 3.8) is 0 Å². The van der Waals surface area contributed by atoms with Gasteiger partial charge in [0, 0.05) is 10.6 Å². The van der Waals surface area contributed by atoms with E-state index in [-0.39, 0.29) is 22.8 Å². The first kappa shape index (κ1) is 18.5. The van der Waals surface area contributed by atoms with Crippen molar-refractivity contribution in [3.8, 4) is 5.75 Å². The molecule has 6 nitrogen and oxygen atoms in total. The van der Waals surface area contributed by atoms with Crippen LogP contribution in [0.3, 0.4) is 0 Å². The topological polar surface area (TPSA) is 80.6 Å². The van der Waals surface area contributed by atoms with Crippen LogP contribution in [-0.2, 0) is 0 Å². The Hall–Kier alpha value is -3.32. The summed E-state index contributed by atoms with van der Waals surface area (Å²) in [6.07, 6.45) is 1.37. The molecule has 1 heterocycles. The molecule has 0 spiro atoms. The normalized spacial score (nSPS) is 10.3. The third-order valence-electron chi connectivity index (χ3n) is 3.64. The van der Waals surface area contributed by atoms with Crippen LogP contribution in [0.2, 0.25) is 5.02 Å². The van der Waals surface area contributed by atoms with Gasteiger partial charge in [0.15, 0.2) is 17.3 Å². The summed E-state index contributed by atoms with van der Waals surface area (Å²) in [4.78, 5) is 24.6. The molecule has 1 aromatic heterocycles. The van der Waals surface area contributed by atoms with Gasteiger partial charge in [-0.25, -0.2) is 4.39 Å². The number of carbonyl (C=O) groups excluding carboxylic acids is 2. The molecule has 0 aliphatic rings. The second kappa shape index (κ2) is 7.92. The van der Waals surface area contributed by atoms with Crippen molar-refractivity contribution in [1.29, 1.82) is 0 Å². The smallest absolute Gasteiger partial charge is 0.291 e. The molecular weight excluding hydrogens is 375 g/mol. The molecule has 0 aliphatic carbocycles. The third-order valence-corrected chi connectivity index (χ3v) is 3.87. The van der Waals surface area contributed by atoms with Crippen molar-refractivity contribution in [1.82, 2.24) is 0 Å². The zero-order chi connectivity index (χ0) is 19.4. The fourth-order valence-electron chi connectivity index (χ4n) is 2.32. The van der Waals surface area contributed by atoms with E-state index in [1.807, 2.05) is 0 Å². The number of carbonyl (C=O) groups is 2. The van der Waals surface area contributed by atoms with Crippen molar-refractivity contribution in [2.75, 3.05) is 17.7 Å². The van der Waals surface area contributed by atoms with E-state index in [0.717, 1.165) is 6.07 Å². The van der Waals surface area contributed by atoms with Crippen LogP contribution < -0.4 is 15.4 Å². The number of benzene rings is 2. The van der Waals surface area contributed by atoms with Crippen molar-refractivity contribution in [2.24, 2.45) is 0 Å². The third kappa shape index (κ3) is 4.27. The monoisotopic (exact) mass is 388 g/mol. The number of hydrogen-bond acceptors (Lipinski definition) is 4. The quantitative estimate of drug-likeness (QED) is 0.670.